The largest absolute Gasteiger partial charge is 0.362 e. The van der Waals surface area contributed by atoms with E-state index in [9.17, 15) is 4.79 Å². The SMILES string of the molecule is [B]C(Cc1cccc(CC)c1)NC(=O)CCn1cc(-c2ccccc2)nn1. The molecule has 0 fully saturated rings. The maximum Gasteiger partial charge on any atom is 0.221 e. The Labute approximate surface area is 161 Å². The molecule has 0 saturated carbocycles. The first kappa shape index (κ1) is 18.9. The summed E-state index contributed by atoms with van der Waals surface area (Å²) < 4.78 is 1.68. The third kappa shape index (κ3) is 5.54. The zero-order chi connectivity index (χ0) is 19.1. The monoisotopic (exact) mass is 358 g/mol. The number of hydrogen-bond donors (Lipinski definition) is 1. The van der Waals surface area contributed by atoms with Gasteiger partial charge in [0, 0.05) is 12.0 Å². The zero-order valence-electron chi connectivity index (χ0n) is 15.5. The van der Waals surface area contributed by atoms with Gasteiger partial charge in [-0.15, -0.1) is 5.10 Å². The number of nitrogens with zero attached hydrogens (tertiary/aromatic N) is 3. The Morgan fingerprint density at radius 2 is 1.93 bits per heavy atom. The van der Waals surface area contributed by atoms with Crippen LogP contribution in [0.5, 0.6) is 0 Å². The van der Waals surface area contributed by atoms with Crippen LogP contribution in [0.1, 0.15) is 24.5 Å². The minimum absolute atomic E-state index is 0.0918. The molecule has 136 valence electrons. The number of carbonyl (C=O) groups is 1. The van der Waals surface area contributed by atoms with Gasteiger partial charge in [-0.2, -0.15) is 0 Å². The molecule has 6 heteroatoms. The Bertz CT molecular complexity index is 879. The Morgan fingerprint density at radius 3 is 2.70 bits per heavy atom. The summed E-state index contributed by atoms with van der Waals surface area (Å²) in [4.78, 5) is 12.2. The molecule has 0 aliphatic rings. The molecule has 3 rings (SSSR count). The van der Waals surface area contributed by atoms with Gasteiger partial charge in [-0.1, -0.05) is 66.7 Å². The number of benzene rings is 2. The van der Waals surface area contributed by atoms with E-state index in [-0.39, 0.29) is 5.91 Å². The summed E-state index contributed by atoms with van der Waals surface area (Å²) in [6.07, 6.45) is 3.75. The van der Waals surface area contributed by atoms with E-state index in [1.165, 1.54) is 5.56 Å². The van der Waals surface area contributed by atoms with Crippen molar-refractivity contribution in [3.63, 3.8) is 0 Å². The molecular formula is C21H23BN4O. The van der Waals surface area contributed by atoms with Crippen molar-refractivity contribution in [3.05, 3.63) is 71.9 Å². The fourth-order valence-corrected chi connectivity index (χ4v) is 2.93. The van der Waals surface area contributed by atoms with Crippen LogP contribution in [0.2, 0.25) is 0 Å². The lowest BCUT2D eigenvalue weighted by Gasteiger charge is -2.15. The molecule has 2 radical (unpaired) electrons. The molecule has 0 spiro atoms. The van der Waals surface area contributed by atoms with Crippen molar-refractivity contribution in [2.75, 3.05) is 0 Å². The van der Waals surface area contributed by atoms with Crippen LogP contribution in [0.15, 0.2) is 60.8 Å². The van der Waals surface area contributed by atoms with Gasteiger partial charge in [0.2, 0.25) is 5.91 Å². The van der Waals surface area contributed by atoms with Crippen LogP contribution in [0, 0.1) is 0 Å². The molecule has 5 nitrogen and oxygen atoms in total. The second kappa shape index (κ2) is 9.17. The van der Waals surface area contributed by atoms with Gasteiger partial charge in [0.1, 0.15) is 5.69 Å². The average Bonchev–Trinajstić information content (AvgIpc) is 3.16. The topological polar surface area (TPSA) is 59.8 Å². The molecule has 0 aliphatic heterocycles. The highest BCUT2D eigenvalue weighted by molar-refractivity contribution is 6.13. The van der Waals surface area contributed by atoms with Crippen LogP contribution >= 0.6 is 0 Å². The standard InChI is InChI=1S/C21H23BN4O/c1-2-16-7-6-8-17(13-16)14-20(22)23-21(27)11-12-26-15-19(24-25-26)18-9-4-3-5-10-18/h3-10,13,15,20H,2,11-12,14H2,1H3,(H,23,27). The van der Waals surface area contributed by atoms with E-state index in [1.807, 2.05) is 48.7 Å². The highest BCUT2D eigenvalue weighted by Gasteiger charge is 2.10. The molecule has 1 N–H and O–H groups in total. The number of aryl methyl sites for hydroxylation is 2. The Hall–Kier alpha value is -2.89. The van der Waals surface area contributed by atoms with Gasteiger partial charge in [-0.05, 0) is 29.9 Å². The normalized spacial score (nSPS) is 11.9. The lowest BCUT2D eigenvalue weighted by Crippen LogP contribution is -2.37. The number of aromatic nitrogens is 3. The molecule has 1 atom stereocenters. The zero-order valence-corrected chi connectivity index (χ0v) is 15.5. The Balaban J connectivity index is 1.47. The fraction of sp³-hybridized carbons (Fsp3) is 0.286. The molecule has 2 aromatic carbocycles. The van der Waals surface area contributed by atoms with E-state index < -0.39 is 5.94 Å². The molecule has 0 bridgehead atoms. The van der Waals surface area contributed by atoms with Crippen LogP contribution in [0.4, 0.5) is 0 Å². The predicted octanol–water partition coefficient (Wildman–Crippen LogP) is 2.75. The van der Waals surface area contributed by atoms with Crippen molar-refractivity contribution in [1.29, 1.82) is 0 Å². The molecule has 0 aliphatic carbocycles. The maximum atomic E-state index is 12.2. The summed E-state index contributed by atoms with van der Waals surface area (Å²) in [5.41, 5.74) is 4.20. The van der Waals surface area contributed by atoms with Gasteiger partial charge >= 0.3 is 0 Å². The summed E-state index contributed by atoms with van der Waals surface area (Å²) in [6, 6.07) is 18.1. The second-order valence-corrected chi connectivity index (χ2v) is 6.53. The summed E-state index contributed by atoms with van der Waals surface area (Å²) in [6.45, 7) is 2.58. The molecule has 1 heterocycles. The number of hydrogen-bond acceptors (Lipinski definition) is 3. The lowest BCUT2D eigenvalue weighted by atomic mass is 9.89. The summed E-state index contributed by atoms with van der Waals surface area (Å²) in [7, 11) is 6.08. The first-order valence-electron chi connectivity index (χ1n) is 9.22. The van der Waals surface area contributed by atoms with Gasteiger partial charge in [-0.3, -0.25) is 9.48 Å². The highest BCUT2D eigenvalue weighted by Crippen LogP contribution is 2.14. The predicted molar refractivity (Wildman–Crippen MR) is 107 cm³/mol. The van der Waals surface area contributed by atoms with E-state index in [1.54, 1.807) is 4.68 Å². The van der Waals surface area contributed by atoms with Crippen LogP contribution in [-0.4, -0.2) is 34.7 Å². The number of carbonyl (C=O) groups excluding carboxylic acids is 1. The van der Waals surface area contributed by atoms with Gasteiger partial charge < -0.3 is 5.32 Å². The second-order valence-electron chi connectivity index (χ2n) is 6.53. The Morgan fingerprint density at radius 1 is 1.15 bits per heavy atom. The number of nitrogens with one attached hydrogen (secondary N) is 1. The minimum Gasteiger partial charge on any atom is -0.362 e. The van der Waals surface area contributed by atoms with Crippen molar-refractivity contribution in [1.82, 2.24) is 20.3 Å². The quantitative estimate of drug-likeness (QED) is 0.630. The van der Waals surface area contributed by atoms with Crippen molar-refractivity contribution in [3.8, 4) is 11.3 Å². The third-order valence-corrected chi connectivity index (χ3v) is 4.38. The molecule has 1 amide bonds. The highest BCUT2D eigenvalue weighted by atomic mass is 16.1. The van der Waals surface area contributed by atoms with Gasteiger partial charge in [0.15, 0.2) is 0 Å². The van der Waals surface area contributed by atoms with E-state index in [0.29, 0.717) is 19.4 Å². The molecule has 27 heavy (non-hydrogen) atoms. The van der Waals surface area contributed by atoms with E-state index >= 15 is 0 Å². The van der Waals surface area contributed by atoms with Crippen LogP contribution in [-0.2, 0) is 24.2 Å². The number of amides is 1. The van der Waals surface area contributed by atoms with E-state index in [2.05, 4.69) is 34.7 Å². The van der Waals surface area contributed by atoms with Gasteiger partial charge in [0.25, 0.3) is 0 Å². The minimum atomic E-state index is -0.403. The van der Waals surface area contributed by atoms with Gasteiger partial charge in [0.05, 0.1) is 20.6 Å². The maximum absolute atomic E-state index is 12.2. The van der Waals surface area contributed by atoms with Crippen LogP contribution in [0.25, 0.3) is 11.3 Å². The average molecular weight is 358 g/mol. The van der Waals surface area contributed by atoms with Crippen LogP contribution in [0.3, 0.4) is 0 Å². The first-order chi connectivity index (χ1) is 13.1. The third-order valence-electron chi connectivity index (χ3n) is 4.38. The lowest BCUT2D eigenvalue weighted by molar-refractivity contribution is -0.121. The van der Waals surface area contributed by atoms with Crippen molar-refractivity contribution < 1.29 is 4.79 Å². The summed E-state index contributed by atoms with van der Waals surface area (Å²) >= 11 is 0. The molecule has 1 aromatic heterocycles. The summed E-state index contributed by atoms with van der Waals surface area (Å²) in [5, 5.41) is 11.1. The molecule has 3 aromatic rings. The summed E-state index contributed by atoms with van der Waals surface area (Å²) in [5.74, 6) is -0.494. The fourth-order valence-electron chi connectivity index (χ4n) is 2.93. The van der Waals surface area contributed by atoms with Crippen LogP contribution < -0.4 is 5.32 Å². The molecule has 1 unspecified atom stereocenters. The number of rotatable bonds is 8. The molecule has 0 saturated heterocycles. The van der Waals surface area contributed by atoms with Gasteiger partial charge in [-0.25, -0.2) is 0 Å². The van der Waals surface area contributed by atoms with Crippen molar-refractivity contribution in [2.45, 2.75) is 38.7 Å². The van der Waals surface area contributed by atoms with Crippen molar-refractivity contribution in [2.24, 2.45) is 0 Å². The smallest absolute Gasteiger partial charge is 0.221 e. The molecular weight excluding hydrogens is 335 g/mol. The first-order valence-corrected chi connectivity index (χ1v) is 9.22. The Kier molecular flexibility index (Phi) is 6.42. The van der Waals surface area contributed by atoms with E-state index in [0.717, 1.165) is 23.2 Å². The van der Waals surface area contributed by atoms with E-state index in [4.69, 9.17) is 7.85 Å². The van der Waals surface area contributed by atoms with Crippen molar-refractivity contribution >= 4 is 13.8 Å².